The normalized spacial score (nSPS) is 32.1. The lowest BCUT2D eigenvalue weighted by Crippen LogP contribution is -2.58. The van der Waals surface area contributed by atoms with Crippen molar-refractivity contribution in [3.05, 3.63) is 35.8 Å². The van der Waals surface area contributed by atoms with Crippen LogP contribution in [-0.4, -0.2) is 51.4 Å². The lowest BCUT2D eigenvalue weighted by atomic mass is 9.48. The number of nitrogens with one attached hydrogen (secondary N) is 1. The first kappa shape index (κ1) is 20.1. The van der Waals surface area contributed by atoms with Crippen LogP contribution < -0.4 is 0 Å². The topological polar surface area (TPSA) is 122 Å². The van der Waals surface area contributed by atoms with E-state index in [0.29, 0.717) is 42.1 Å². The number of hydrogen-bond acceptors (Lipinski definition) is 7. The van der Waals surface area contributed by atoms with E-state index in [-0.39, 0.29) is 11.4 Å². The zero-order valence-corrected chi connectivity index (χ0v) is 17.4. The van der Waals surface area contributed by atoms with Crippen LogP contribution in [-0.2, 0) is 19.1 Å². The number of nitrogens with zero attached hydrogens (tertiary/aromatic N) is 1. The number of para-hydroxylation sites is 2. The number of imidazole rings is 1. The Morgan fingerprint density at radius 2 is 1.90 bits per heavy atom. The summed E-state index contributed by atoms with van der Waals surface area (Å²) in [6.45, 7) is -0.462. The Labute approximate surface area is 179 Å². The second kappa shape index (κ2) is 7.09. The van der Waals surface area contributed by atoms with Crippen LogP contribution in [0.5, 0.6) is 0 Å². The van der Waals surface area contributed by atoms with Crippen molar-refractivity contribution in [3.8, 4) is 0 Å². The van der Waals surface area contributed by atoms with Gasteiger partial charge in [-0.05, 0) is 62.5 Å². The van der Waals surface area contributed by atoms with Gasteiger partial charge in [-0.3, -0.25) is 4.79 Å². The van der Waals surface area contributed by atoms with Crippen molar-refractivity contribution < 1.29 is 29.3 Å². The molecule has 8 heteroatoms. The monoisotopic (exact) mass is 426 g/mol. The van der Waals surface area contributed by atoms with Crippen molar-refractivity contribution in [2.24, 2.45) is 17.3 Å². The molecular weight excluding hydrogens is 400 g/mol. The van der Waals surface area contributed by atoms with Crippen LogP contribution >= 0.6 is 0 Å². The largest absolute Gasteiger partial charge is 0.508 e. The second-order valence-electron chi connectivity index (χ2n) is 9.46. The molecule has 4 aliphatic rings. The molecule has 0 saturated heterocycles. The summed E-state index contributed by atoms with van der Waals surface area (Å²) in [6.07, 6.45) is 4.39. The molecule has 6 rings (SSSR count). The van der Waals surface area contributed by atoms with Crippen molar-refractivity contribution in [2.45, 2.75) is 44.1 Å². The molecule has 4 aliphatic carbocycles. The molecule has 0 aliphatic heterocycles. The third kappa shape index (κ3) is 3.39. The second-order valence-corrected chi connectivity index (χ2v) is 9.46. The number of carbonyl (C=O) groups excluding carboxylic acids is 2. The number of carbonyl (C=O) groups is 2. The van der Waals surface area contributed by atoms with Gasteiger partial charge in [-0.1, -0.05) is 12.1 Å². The van der Waals surface area contributed by atoms with Gasteiger partial charge in [0.2, 0.25) is 0 Å². The van der Waals surface area contributed by atoms with Crippen molar-refractivity contribution in [3.63, 3.8) is 0 Å². The molecule has 4 fully saturated rings. The Kier molecular flexibility index (Phi) is 4.58. The van der Waals surface area contributed by atoms with Crippen molar-refractivity contribution in [1.29, 1.82) is 0 Å². The first-order valence-electron chi connectivity index (χ1n) is 10.7. The Hall–Kier alpha value is -2.87. The highest BCUT2D eigenvalue weighted by atomic mass is 16.5. The van der Waals surface area contributed by atoms with E-state index >= 15 is 0 Å². The molecule has 4 bridgehead atoms. The number of fused-ring (bicyclic) bond motifs is 1. The third-order valence-electron chi connectivity index (χ3n) is 7.11. The summed E-state index contributed by atoms with van der Waals surface area (Å²) in [4.78, 5) is 32.8. The molecule has 1 aromatic carbocycles. The van der Waals surface area contributed by atoms with Crippen molar-refractivity contribution in [2.75, 3.05) is 13.7 Å². The van der Waals surface area contributed by atoms with Gasteiger partial charge < -0.3 is 24.7 Å². The van der Waals surface area contributed by atoms with E-state index in [2.05, 4.69) is 9.97 Å². The van der Waals surface area contributed by atoms with Crippen molar-refractivity contribution in [1.82, 2.24) is 9.97 Å². The number of hydrogen-bond donors (Lipinski definition) is 3. The molecule has 1 heterocycles. The summed E-state index contributed by atoms with van der Waals surface area (Å²) in [5.41, 5.74) is -0.331. The van der Waals surface area contributed by atoms with E-state index in [4.69, 9.17) is 9.47 Å². The Bertz CT molecular complexity index is 1040. The number of esters is 2. The van der Waals surface area contributed by atoms with Crippen LogP contribution in [0.1, 0.15) is 44.3 Å². The van der Waals surface area contributed by atoms with Crippen LogP contribution in [0.25, 0.3) is 16.6 Å². The Balaban J connectivity index is 1.38. The quantitative estimate of drug-likeness (QED) is 0.382. The molecule has 0 radical (unpaired) electrons. The fourth-order valence-electron chi connectivity index (χ4n) is 6.34. The predicted octanol–water partition coefficient (Wildman–Crippen LogP) is 2.88. The number of aliphatic hydroxyl groups excluding tert-OH is 1. The van der Waals surface area contributed by atoms with E-state index < -0.39 is 35.3 Å². The molecule has 8 nitrogen and oxygen atoms in total. The highest BCUT2D eigenvalue weighted by Gasteiger charge is 2.60. The molecule has 31 heavy (non-hydrogen) atoms. The highest BCUT2D eigenvalue weighted by Crippen LogP contribution is 2.62. The van der Waals surface area contributed by atoms with Gasteiger partial charge in [0.25, 0.3) is 0 Å². The molecule has 2 atom stereocenters. The number of aromatic nitrogens is 2. The molecule has 3 N–H and O–H groups in total. The maximum Gasteiger partial charge on any atom is 0.345 e. The van der Waals surface area contributed by atoms with E-state index in [1.54, 1.807) is 12.1 Å². The summed E-state index contributed by atoms with van der Waals surface area (Å²) in [6, 6.07) is 7.22. The molecule has 0 spiro atoms. The number of methoxy groups -OCH3 is 1. The lowest BCUT2D eigenvalue weighted by Gasteiger charge is -2.58. The van der Waals surface area contributed by atoms with E-state index in [1.165, 1.54) is 7.11 Å². The lowest BCUT2D eigenvalue weighted by molar-refractivity contribution is -0.195. The fraction of sp³-hybridized carbons (Fsp3) is 0.522. The zero-order valence-electron chi connectivity index (χ0n) is 17.4. The average Bonchev–Trinajstić information content (AvgIpc) is 3.13. The maximum absolute atomic E-state index is 13.1. The molecule has 164 valence electrons. The summed E-state index contributed by atoms with van der Waals surface area (Å²) >= 11 is 0. The molecular formula is C23H26N2O6. The maximum atomic E-state index is 13.1. The van der Waals surface area contributed by atoms with Gasteiger partial charge >= 0.3 is 11.9 Å². The number of aliphatic hydroxyl groups is 2. The summed E-state index contributed by atoms with van der Waals surface area (Å²) in [7, 11) is 1.21. The number of rotatable bonds is 5. The van der Waals surface area contributed by atoms with Gasteiger partial charge in [-0.15, -0.1) is 0 Å². The smallest absolute Gasteiger partial charge is 0.345 e. The van der Waals surface area contributed by atoms with Crippen LogP contribution in [0, 0.1) is 17.3 Å². The number of H-pyrrole nitrogens is 1. The van der Waals surface area contributed by atoms with E-state index in [1.807, 2.05) is 12.1 Å². The minimum atomic E-state index is -0.785. The number of aromatic amines is 1. The first-order chi connectivity index (χ1) is 14.8. The number of benzene rings is 1. The van der Waals surface area contributed by atoms with Gasteiger partial charge in [0.1, 0.15) is 23.8 Å². The fourth-order valence-corrected chi connectivity index (χ4v) is 6.34. The average molecular weight is 426 g/mol. The summed E-state index contributed by atoms with van der Waals surface area (Å²) < 4.78 is 10.3. The van der Waals surface area contributed by atoms with Crippen LogP contribution in [0.15, 0.2) is 30.0 Å². The van der Waals surface area contributed by atoms with E-state index in [0.717, 1.165) is 19.3 Å². The van der Waals surface area contributed by atoms with Gasteiger partial charge in [0.05, 0.1) is 29.2 Å². The molecule has 0 amide bonds. The molecule has 1 aromatic heterocycles. The van der Waals surface area contributed by atoms with Crippen LogP contribution in [0.2, 0.25) is 0 Å². The predicted molar refractivity (Wildman–Crippen MR) is 111 cm³/mol. The Morgan fingerprint density at radius 1 is 1.19 bits per heavy atom. The van der Waals surface area contributed by atoms with Gasteiger partial charge in [0.15, 0.2) is 0 Å². The Morgan fingerprint density at radius 3 is 2.55 bits per heavy atom. The number of ether oxygens (including phenoxy) is 2. The van der Waals surface area contributed by atoms with Gasteiger partial charge in [-0.2, -0.15) is 0 Å². The minimum Gasteiger partial charge on any atom is -0.508 e. The van der Waals surface area contributed by atoms with Gasteiger partial charge in [0, 0.05) is 0 Å². The highest BCUT2D eigenvalue weighted by molar-refractivity contribution is 6.16. The van der Waals surface area contributed by atoms with Crippen molar-refractivity contribution >= 4 is 28.5 Å². The SMILES string of the molecule is COC(=O)/C(=C(/O)COC(=O)C12CC3CC(CC(O)(C3)C1)C2)c1nc2ccccc2[nH]1. The van der Waals surface area contributed by atoms with Crippen LogP contribution in [0.4, 0.5) is 0 Å². The summed E-state index contributed by atoms with van der Waals surface area (Å²) in [5, 5.41) is 21.5. The standard InChI is InChI=1S/C23H26N2O6/c1-30-20(27)18(19-24-15-4-2-3-5-16(15)25-19)17(26)11-31-21(28)22-7-13-6-14(8-22)10-23(29,9-13)12-22/h2-5,13-14,26,29H,6-12H2,1H3,(H,24,25)/b18-17+. The molecule has 2 unspecified atom stereocenters. The first-order valence-corrected chi connectivity index (χ1v) is 10.7. The van der Waals surface area contributed by atoms with Crippen LogP contribution in [0.3, 0.4) is 0 Å². The molecule has 4 saturated carbocycles. The summed E-state index contributed by atoms with van der Waals surface area (Å²) in [5.74, 6) is -0.807. The molecule has 2 aromatic rings. The van der Waals surface area contributed by atoms with E-state index in [9.17, 15) is 19.8 Å². The third-order valence-corrected chi connectivity index (χ3v) is 7.11. The minimum absolute atomic E-state index is 0.144. The zero-order chi connectivity index (χ0) is 21.8. The van der Waals surface area contributed by atoms with Gasteiger partial charge in [-0.25, -0.2) is 9.78 Å².